The van der Waals surface area contributed by atoms with E-state index in [-0.39, 0.29) is 5.92 Å². The highest BCUT2D eigenvalue weighted by Crippen LogP contribution is 2.33. The Morgan fingerprint density at radius 1 is 1.15 bits per heavy atom. The summed E-state index contributed by atoms with van der Waals surface area (Å²) in [6.07, 6.45) is 9.80. The summed E-state index contributed by atoms with van der Waals surface area (Å²) in [5.41, 5.74) is 4.69. The Morgan fingerprint density at radius 3 is 2.73 bits per heavy atom. The van der Waals surface area contributed by atoms with Gasteiger partial charge in [-0.05, 0) is 55.7 Å². The van der Waals surface area contributed by atoms with Gasteiger partial charge in [0.2, 0.25) is 0 Å². The molecule has 7 heteroatoms. The van der Waals surface area contributed by atoms with E-state index in [0.29, 0.717) is 11.4 Å². The molecule has 3 heterocycles. The second kappa shape index (κ2) is 8.75. The van der Waals surface area contributed by atoms with Crippen LogP contribution < -0.4 is 4.74 Å². The molecule has 1 aliphatic heterocycles. The van der Waals surface area contributed by atoms with E-state index >= 15 is 0 Å². The first-order chi connectivity index (χ1) is 16.2. The van der Waals surface area contributed by atoms with Gasteiger partial charge in [0.15, 0.2) is 5.82 Å². The van der Waals surface area contributed by atoms with Gasteiger partial charge in [-0.2, -0.15) is 10.4 Å². The molecule has 2 aromatic heterocycles. The van der Waals surface area contributed by atoms with Gasteiger partial charge in [0.05, 0.1) is 36.5 Å². The molecule has 0 saturated heterocycles. The van der Waals surface area contributed by atoms with Crippen molar-refractivity contribution in [2.24, 2.45) is 0 Å². The van der Waals surface area contributed by atoms with Crippen LogP contribution in [0.5, 0.6) is 5.75 Å². The van der Waals surface area contributed by atoms with Crippen molar-refractivity contribution in [1.82, 2.24) is 24.3 Å². The zero-order chi connectivity index (χ0) is 22.8. The Morgan fingerprint density at radius 2 is 2.00 bits per heavy atom. The van der Waals surface area contributed by atoms with E-state index in [2.05, 4.69) is 11.1 Å². The topological polar surface area (TPSA) is 81.5 Å². The number of imidazole rings is 1. The van der Waals surface area contributed by atoms with Crippen LogP contribution in [0.1, 0.15) is 52.8 Å². The SMILES string of the molecule is COc1cccc(/C=C/c2nc3n(n2)CCCC3c2ccc(C#N)cc2)c1-n1cnc(C)c1. The summed E-state index contributed by atoms with van der Waals surface area (Å²) in [6.45, 7) is 2.83. The predicted molar refractivity (Wildman–Crippen MR) is 126 cm³/mol. The Labute approximate surface area is 192 Å². The lowest BCUT2D eigenvalue weighted by molar-refractivity contribution is 0.413. The number of para-hydroxylation sites is 1. The number of ether oxygens (including phenoxy) is 1. The third kappa shape index (κ3) is 4.03. The molecule has 0 spiro atoms. The van der Waals surface area contributed by atoms with E-state index in [1.807, 2.05) is 77.0 Å². The third-order valence-electron chi connectivity index (χ3n) is 5.97. The maximum Gasteiger partial charge on any atom is 0.174 e. The fourth-order valence-electron chi connectivity index (χ4n) is 4.37. The second-order valence-electron chi connectivity index (χ2n) is 8.13. The molecule has 4 aromatic rings. The average molecular weight is 437 g/mol. The normalized spacial score (nSPS) is 15.4. The highest BCUT2D eigenvalue weighted by atomic mass is 16.5. The van der Waals surface area contributed by atoms with Crippen LogP contribution in [0.15, 0.2) is 55.0 Å². The minimum atomic E-state index is 0.183. The molecule has 0 saturated carbocycles. The summed E-state index contributed by atoms with van der Waals surface area (Å²) < 4.78 is 9.59. The molecule has 33 heavy (non-hydrogen) atoms. The maximum atomic E-state index is 9.08. The maximum absolute atomic E-state index is 9.08. The van der Waals surface area contributed by atoms with Crippen molar-refractivity contribution in [3.8, 4) is 17.5 Å². The van der Waals surface area contributed by atoms with E-state index in [4.69, 9.17) is 20.1 Å². The molecule has 0 amide bonds. The molecule has 2 aromatic carbocycles. The number of methoxy groups -OCH3 is 1. The van der Waals surface area contributed by atoms with E-state index in [9.17, 15) is 0 Å². The van der Waals surface area contributed by atoms with E-state index in [0.717, 1.165) is 47.9 Å². The summed E-state index contributed by atoms with van der Waals surface area (Å²) in [7, 11) is 1.67. The Hall–Kier alpha value is -4.18. The summed E-state index contributed by atoms with van der Waals surface area (Å²) in [4.78, 5) is 9.22. The van der Waals surface area contributed by atoms with Crippen molar-refractivity contribution in [2.75, 3.05) is 7.11 Å². The fraction of sp³-hybridized carbons (Fsp3) is 0.231. The number of aromatic nitrogens is 5. The van der Waals surface area contributed by atoms with Crippen molar-refractivity contribution >= 4 is 12.2 Å². The predicted octanol–water partition coefficient (Wildman–Crippen LogP) is 4.75. The third-order valence-corrected chi connectivity index (χ3v) is 5.97. The van der Waals surface area contributed by atoms with Crippen LogP contribution in [0.25, 0.3) is 17.8 Å². The smallest absolute Gasteiger partial charge is 0.174 e. The molecule has 164 valence electrons. The largest absolute Gasteiger partial charge is 0.495 e. The lowest BCUT2D eigenvalue weighted by Crippen LogP contribution is -2.17. The van der Waals surface area contributed by atoms with E-state index in [1.54, 1.807) is 13.4 Å². The van der Waals surface area contributed by atoms with Gasteiger partial charge in [-0.3, -0.25) is 0 Å². The molecule has 7 nitrogen and oxygen atoms in total. The van der Waals surface area contributed by atoms with Gasteiger partial charge in [-0.15, -0.1) is 0 Å². The van der Waals surface area contributed by atoms with Gasteiger partial charge in [-0.1, -0.05) is 24.3 Å². The van der Waals surface area contributed by atoms with Gasteiger partial charge in [0.25, 0.3) is 0 Å². The van der Waals surface area contributed by atoms with Crippen LogP contribution in [0.2, 0.25) is 0 Å². The number of fused-ring (bicyclic) bond motifs is 1. The number of aryl methyl sites for hydroxylation is 2. The van der Waals surface area contributed by atoms with Gasteiger partial charge in [0.1, 0.15) is 11.6 Å². The molecule has 0 bridgehead atoms. The number of rotatable bonds is 5. The van der Waals surface area contributed by atoms with Crippen LogP contribution in [-0.4, -0.2) is 31.4 Å². The van der Waals surface area contributed by atoms with Gasteiger partial charge in [0, 0.05) is 24.2 Å². The molecule has 0 radical (unpaired) electrons. The standard InChI is InChI=1S/C26H24N6O/c1-18-16-31(17-28-18)25-21(5-3-7-23(25)33-2)12-13-24-29-26-22(6-4-14-32(26)30-24)20-10-8-19(15-27)9-11-20/h3,5,7-13,16-17,22H,4,6,14H2,1-2H3/b13-12+. The van der Waals surface area contributed by atoms with Crippen molar-refractivity contribution in [2.45, 2.75) is 32.2 Å². The molecule has 1 aliphatic rings. The number of hydrogen-bond acceptors (Lipinski definition) is 5. The fourth-order valence-corrected chi connectivity index (χ4v) is 4.37. The van der Waals surface area contributed by atoms with E-state index in [1.165, 1.54) is 5.56 Å². The molecule has 0 fully saturated rings. The first kappa shape index (κ1) is 20.7. The van der Waals surface area contributed by atoms with Gasteiger partial charge in [-0.25, -0.2) is 14.6 Å². The van der Waals surface area contributed by atoms with E-state index < -0.39 is 0 Å². The molecule has 1 atom stereocenters. The lowest BCUT2D eigenvalue weighted by atomic mass is 9.91. The van der Waals surface area contributed by atoms with Crippen LogP contribution >= 0.6 is 0 Å². The molecular weight excluding hydrogens is 412 g/mol. The monoisotopic (exact) mass is 436 g/mol. The Balaban J connectivity index is 1.48. The highest BCUT2D eigenvalue weighted by Gasteiger charge is 2.25. The number of hydrogen-bond donors (Lipinski definition) is 0. The van der Waals surface area contributed by atoms with Crippen molar-refractivity contribution in [1.29, 1.82) is 5.26 Å². The van der Waals surface area contributed by atoms with Crippen LogP contribution in [0.3, 0.4) is 0 Å². The molecule has 1 unspecified atom stereocenters. The van der Waals surface area contributed by atoms with Crippen LogP contribution in [0.4, 0.5) is 0 Å². The quantitative estimate of drug-likeness (QED) is 0.451. The molecule has 0 N–H and O–H groups in total. The first-order valence-electron chi connectivity index (χ1n) is 11.0. The minimum Gasteiger partial charge on any atom is -0.495 e. The number of benzene rings is 2. The summed E-state index contributed by atoms with van der Waals surface area (Å²) in [5, 5.41) is 13.8. The molecule has 0 aliphatic carbocycles. The first-order valence-corrected chi connectivity index (χ1v) is 11.0. The zero-order valence-corrected chi connectivity index (χ0v) is 18.6. The van der Waals surface area contributed by atoms with Crippen molar-refractivity contribution in [3.05, 3.63) is 89.0 Å². The minimum absolute atomic E-state index is 0.183. The summed E-state index contributed by atoms with van der Waals surface area (Å²) in [6, 6.07) is 15.9. The second-order valence-corrected chi connectivity index (χ2v) is 8.13. The Kier molecular flexibility index (Phi) is 5.49. The zero-order valence-electron chi connectivity index (χ0n) is 18.6. The Bertz CT molecular complexity index is 1360. The van der Waals surface area contributed by atoms with Crippen LogP contribution in [-0.2, 0) is 6.54 Å². The van der Waals surface area contributed by atoms with Crippen LogP contribution in [0, 0.1) is 18.3 Å². The van der Waals surface area contributed by atoms with Gasteiger partial charge >= 0.3 is 0 Å². The number of nitriles is 1. The highest BCUT2D eigenvalue weighted by molar-refractivity contribution is 5.74. The molecule has 5 rings (SSSR count). The molecular formula is C26H24N6O. The van der Waals surface area contributed by atoms with Gasteiger partial charge < -0.3 is 9.30 Å². The van der Waals surface area contributed by atoms with Crippen molar-refractivity contribution in [3.63, 3.8) is 0 Å². The number of nitrogens with zero attached hydrogens (tertiary/aromatic N) is 6. The summed E-state index contributed by atoms with van der Waals surface area (Å²) in [5.74, 6) is 2.61. The lowest BCUT2D eigenvalue weighted by Gasteiger charge is -2.22. The average Bonchev–Trinajstić information content (AvgIpc) is 3.48. The van der Waals surface area contributed by atoms with Crippen molar-refractivity contribution < 1.29 is 4.74 Å². The summed E-state index contributed by atoms with van der Waals surface area (Å²) >= 11 is 0.